The van der Waals surface area contributed by atoms with Gasteiger partial charge in [0.1, 0.15) is 12.1 Å². The zero-order valence-corrected chi connectivity index (χ0v) is 10.9. The summed E-state index contributed by atoms with van der Waals surface area (Å²) in [6.45, 7) is 7.57. The van der Waals surface area contributed by atoms with Gasteiger partial charge in [-0.3, -0.25) is 4.79 Å². The molecule has 0 aliphatic rings. The van der Waals surface area contributed by atoms with E-state index in [1.807, 2.05) is 20.8 Å². The highest BCUT2D eigenvalue weighted by Crippen LogP contribution is 2.33. The van der Waals surface area contributed by atoms with E-state index in [-0.39, 0.29) is 11.2 Å². The third kappa shape index (κ3) is 2.28. The topological polar surface area (TPSA) is 17.1 Å². The predicted molar refractivity (Wildman–Crippen MR) is 62.9 cm³/mol. The Hall–Kier alpha value is -0.700. The van der Waals surface area contributed by atoms with Crippen LogP contribution in [-0.4, -0.2) is 6.29 Å². The van der Waals surface area contributed by atoms with Crippen LogP contribution >= 0.6 is 15.9 Å². The van der Waals surface area contributed by atoms with Crippen molar-refractivity contribution in [1.82, 2.24) is 0 Å². The van der Waals surface area contributed by atoms with E-state index in [1.54, 1.807) is 6.92 Å². The second-order valence-corrected chi connectivity index (χ2v) is 5.48. The third-order valence-electron chi connectivity index (χ3n) is 2.40. The van der Waals surface area contributed by atoms with Gasteiger partial charge in [0.05, 0.1) is 4.47 Å². The first kappa shape index (κ1) is 12.4. The zero-order chi connectivity index (χ0) is 11.8. The molecule has 0 aromatic heterocycles. The number of hydrogen-bond acceptors (Lipinski definition) is 1. The number of halogens is 2. The number of benzene rings is 1. The molecule has 1 aromatic rings. The first-order chi connectivity index (χ1) is 6.79. The molecule has 0 atom stereocenters. The van der Waals surface area contributed by atoms with E-state index in [0.29, 0.717) is 15.6 Å². The minimum absolute atomic E-state index is 0.273. The van der Waals surface area contributed by atoms with Gasteiger partial charge in [0, 0.05) is 5.56 Å². The summed E-state index contributed by atoms with van der Waals surface area (Å²) in [6, 6.07) is 1.52. The summed E-state index contributed by atoms with van der Waals surface area (Å²) in [5.41, 5.74) is 1.54. The molecule has 0 heterocycles. The van der Waals surface area contributed by atoms with Gasteiger partial charge in [0.15, 0.2) is 0 Å². The lowest BCUT2D eigenvalue weighted by molar-refractivity contribution is 0.112. The first-order valence-corrected chi connectivity index (χ1v) is 5.52. The highest BCUT2D eigenvalue weighted by Gasteiger charge is 2.24. The summed E-state index contributed by atoms with van der Waals surface area (Å²) in [5, 5.41) is 0. The number of hydrogen-bond donors (Lipinski definition) is 0. The molecule has 0 unspecified atom stereocenters. The fourth-order valence-corrected chi connectivity index (χ4v) is 2.20. The van der Waals surface area contributed by atoms with Crippen LogP contribution in [0, 0.1) is 12.7 Å². The molecule has 0 fully saturated rings. The lowest BCUT2D eigenvalue weighted by Gasteiger charge is -2.23. The van der Waals surface area contributed by atoms with Crippen LogP contribution in [-0.2, 0) is 5.41 Å². The molecule has 0 amide bonds. The van der Waals surface area contributed by atoms with Gasteiger partial charge >= 0.3 is 0 Å². The van der Waals surface area contributed by atoms with Gasteiger partial charge in [-0.05, 0) is 45.5 Å². The summed E-state index contributed by atoms with van der Waals surface area (Å²) in [5.74, 6) is -0.273. The van der Waals surface area contributed by atoms with Crippen molar-refractivity contribution in [3.8, 4) is 0 Å². The van der Waals surface area contributed by atoms with E-state index >= 15 is 0 Å². The molecule has 1 nitrogen and oxygen atoms in total. The van der Waals surface area contributed by atoms with Crippen LogP contribution in [0.2, 0.25) is 0 Å². The van der Waals surface area contributed by atoms with Crippen molar-refractivity contribution >= 4 is 22.2 Å². The molecule has 0 spiro atoms. The molecular formula is C12H14BrFO. The lowest BCUT2D eigenvalue weighted by Crippen LogP contribution is -2.17. The molecule has 15 heavy (non-hydrogen) atoms. The average Bonchev–Trinajstić information content (AvgIpc) is 2.09. The maximum absolute atomic E-state index is 13.9. The molecule has 1 rings (SSSR count). The highest BCUT2D eigenvalue weighted by molar-refractivity contribution is 9.10. The van der Waals surface area contributed by atoms with E-state index in [4.69, 9.17) is 0 Å². The van der Waals surface area contributed by atoms with E-state index in [0.717, 1.165) is 11.8 Å². The molecule has 0 aliphatic carbocycles. The minimum atomic E-state index is -0.310. The molecular weight excluding hydrogens is 259 g/mol. The molecule has 3 heteroatoms. The van der Waals surface area contributed by atoms with E-state index < -0.39 is 0 Å². The van der Waals surface area contributed by atoms with Crippen molar-refractivity contribution in [3.63, 3.8) is 0 Å². The van der Waals surface area contributed by atoms with E-state index in [2.05, 4.69) is 15.9 Å². The predicted octanol–water partition coefficient (Wildman–Crippen LogP) is 4.01. The largest absolute Gasteiger partial charge is 0.298 e. The van der Waals surface area contributed by atoms with Crippen molar-refractivity contribution in [3.05, 3.63) is 33.0 Å². The molecule has 0 bridgehead atoms. The van der Waals surface area contributed by atoms with Gasteiger partial charge in [-0.2, -0.15) is 0 Å². The van der Waals surface area contributed by atoms with E-state index in [9.17, 15) is 9.18 Å². The summed E-state index contributed by atoms with van der Waals surface area (Å²) >= 11 is 3.13. The van der Waals surface area contributed by atoms with Gasteiger partial charge in [-0.1, -0.05) is 20.8 Å². The number of carbonyl (C=O) groups is 1. The second kappa shape index (κ2) is 4.05. The van der Waals surface area contributed by atoms with Gasteiger partial charge in [-0.15, -0.1) is 0 Å². The standard InChI is InChI=1S/C12H14BrFO/c1-7-8(6-15)5-9(13)11(14)10(7)12(2,3)4/h5-6H,1-4H3. The van der Waals surface area contributed by atoms with Gasteiger partial charge < -0.3 is 0 Å². The molecule has 0 radical (unpaired) electrons. The summed E-state index contributed by atoms with van der Waals surface area (Å²) in [4.78, 5) is 10.8. The quantitative estimate of drug-likeness (QED) is 0.706. The Balaban J connectivity index is 3.62. The van der Waals surface area contributed by atoms with Crippen molar-refractivity contribution in [1.29, 1.82) is 0 Å². The molecule has 0 N–H and O–H groups in total. The summed E-state index contributed by atoms with van der Waals surface area (Å²) in [7, 11) is 0. The molecule has 0 saturated heterocycles. The molecule has 0 saturated carbocycles. The van der Waals surface area contributed by atoms with Crippen LogP contribution in [0.15, 0.2) is 10.5 Å². The zero-order valence-electron chi connectivity index (χ0n) is 9.32. The van der Waals surface area contributed by atoms with Crippen molar-refractivity contribution in [2.24, 2.45) is 0 Å². The normalized spacial score (nSPS) is 11.6. The van der Waals surface area contributed by atoms with E-state index in [1.165, 1.54) is 6.07 Å². The second-order valence-electron chi connectivity index (χ2n) is 4.63. The smallest absolute Gasteiger partial charge is 0.150 e. The van der Waals surface area contributed by atoms with Crippen LogP contribution in [0.5, 0.6) is 0 Å². The summed E-state index contributed by atoms with van der Waals surface area (Å²) < 4.78 is 14.3. The van der Waals surface area contributed by atoms with Crippen LogP contribution < -0.4 is 0 Å². The SMILES string of the molecule is Cc1c(C=O)cc(Br)c(F)c1C(C)(C)C. The monoisotopic (exact) mass is 272 g/mol. The van der Waals surface area contributed by atoms with Crippen molar-refractivity contribution in [2.75, 3.05) is 0 Å². The highest BCUT2D eigenvalue weighted by atomic mass is 79.9. The Morgan fingerprint density at radius 3 is 2.33 bits per heavy atom. The Morgan fingerprint density at radius 2 is 1.93 bits per heavy atom. The minimum Gasteiger partial charge on any atom is -0.298 e. The Morgan fingerprint density at radius 1 is 1.40 bits per heavy atom. The third-order valence-corrected chi connectivity index (χ3v) is 2.97. The Labute approximate surface area is 97.8 Å². The number of aldehydes is 1. The van der Waals surface area contributed by atoms with Gasteiger partial charge in [0.25, 0.3) is 0 Å². The van der Waals surface area contributed by atoms with Crippen LogP contribution in [0.3, 0.4) is 0 Å². The summed E-state index contributed by atoms with van der Waals surface area (Å²) in [6.07, 6.45) is 0.759. The van der Waals surface area contributed by atoms with Crippen LogP contribution in [0.1, 0.15) is 42.3 Å². The molecule has 82 valence electrons. The average molecular weight is 273 g/mol. The lowest BCUT2D eigenvalue weighted by atomic mass is 9.82. The Bertz CT molecular complexity index is 405. The maximum atomic E-state index is 13.9. The van der Waals surface area contributed by atoms with Gasteiger partial charge in [0.2, 0.25) is 0 Å². The molecule has 0 aliphatic heterocycles. The van der Waals surface area contributed by atoms with Crippen LogP contribution in [0.25, 0.3) is 0 Å². The van der Waals surface area contributed by atoms with Crippen LogP contribution in [0.4, 0.5) is 4.39 Å². The fourth-order valence-electron chi connectivity index (χ4n) is 1.75. The Kier molecular flexibility index (Phi) is 3.34. The first-order valence-electron chi connectivity index (χ1n) is 4.73. The van der Waals surface area contributed by atoms with Gasteiger partial charge in [-0.25, -0.2) is 4.39 Å². The fraction of sp³-hybridized carbons (Fsp3) is 0.417. The molecule has 1 aromatic carbocycles. The van der Waals surface area contributed by atoms with Crippen molar-refractivity contribution < 1.29 is 9.18 Å². The number of carbonyl (C=O) groups excluding carboxylic acids is 1. The number of rotatable bonds is 1. The maximum Gasteiger partial charge on any atom is 0.150 e. The van der Waals surface area contributed by atoms with Crippen molar-refractivity contribution in [2.45, 2.75) is 33.1 Å².